The molecule has 0 bridgehead atoms. The van der Waals surface area contributed by atoms with Gasteiger partial charge in [-0.15, -0.1) is 0 Å². The Bertz CT molecular complexity index is 1500. The summed E-state index contributed by atoms with van der Waals surface area (Å²) in [6.45, 7) is 12.7. The maximum absolute atomic E-state index is 13.7. The van der Waals surface area contributed by atoms with Crippen molar-refractivity contribution in [2.45, 2.75) is 59.1 Å². The highest BCUT2D eigenvalue weighted by atomic mass is 35.5. The van der Waals surface area contributed by atoms with E-state index in [4.69, 9.17) is 32.7 Å². The molecule has 2 aliphatic heterocycles. The summed E-state index contributed by atoms with van der Waals surface area (Å²) < 4.78 is 13.2. The van der Waals surface area contributed by atoms with Gasteiger partial charge in [0.1, 0.15) is 28.4 Å². The van der Waals surface area contributed by atoms with Gasteiger partial charge in [-0.25, -0.2) is 19.1 Å². The van der Waals surface area contributed by atoms with E-state index in [-0.39, 0.29) is 34.4 Å². The van der Waals surface area contributed by atoms with E-state index in [9.17, 15) is 9.59 Å². The van der Waals surface area contributed by atoms with Gasteiger partial charge in [-0.05, 0) is 45.2 Å². The number of ether oxygens (including phenoxy) is 2. The maximum Gasteiger partial charge on any atom is 0.410 e. The number of rotatable bonds is 2. The first-order valence-corrected chi connectivity index (χ1v) is 13.3. The largest absolute Gasteiger partial charge is 0.489 e. The Morgan fingerprint density at radius 1 is 1.21 bits per heavy atom. The Morgan fingerprint density at radius 3 is 2.63 bits per heavy atom. The number of hydrogen-bond acceptors (Lipinski definition) is 8. The number of carbonyl (C=O) groups excluding carboxylic acids is 1. The van der Waals surface area contributed by atoms with E-state index in [1.54, 1.807) is 11.1 Å². The van der Waals surface area contributed by atoms with Crippen LogP contribution in [0.2, 0.25) is 10.2 Å². The minimum atomic E-state index is -0.613. The number of aryl methyl sites for hydroxylation is 1. The van der Waals surface area contributed by atoms with Crippen molar-refractivity contribution in [2.24, 2.45) is 0 Å². The van der Waals surface area contributed by atoms with Crippen molar-refractivity contribution in [3.05, 3.63) is 44.2 Å². The summed E-state index contributed by atoms with van der Waals surface area (Å²) in [7, 11) is 0. The van der Waals surface area contributed by atoms with E-state index in [0.29, 0.717) is 42.3 Å². The maximum atomic E-state index is 13.7. The predicted molar refractivity (Wildman–Crippen MR) is 146 cm³/mol. The molecular weight excluding hydrogens is 531 g/mol. The van der Waals surface area contributed by atoms with E-state index in [1.807, 2.05) is 52.5 Å². The number of hydrogen-bond donors (Lipinski definition) is 0. The second-order valence-corrected chi connectivity index (χ2v) is 11.6. The van der Waals surface area contributed by atoms with Crippen LogP contribution in [-0.2, 0) is 4.74 Å². The Hall–Kier alpha value is -3.11. The molecule has 0 unspecified atom stereocenters. The highest BCUT2D eigenvalue weighted by Gasteiger charge is 2.38. The average molecular weight is 561 g/mol. The van der Waals surface area contributed by atoms with Gasteiger partial charge in [0, 0.05) is 25.8 Å². The number of pyridine rings is 2. The minimum Gasteiger partial charge on any atom is -0.489 e. The van der Waals surface area contributed by atoms with Crippen molar-refractivity contribution < 1.29 is 14.3 Å². The average Bonchev–Trinajstić information content (AvgIpc) is 2.99. The first kappa shape index (κ1) is 26.5. The second-order valence-electron chi connectivity index (χ2n) is 10.9. The quantitative estimate of drug-likeness (QED) is 0.414. The van der Waals surface area contributed by atoms with Crippen LogP contribution in [0.1, 0.15) is 51.8 Å². The summed E-state index contributed by atoms with van der Waals surface area (Å²) in [5.74, 6) is 0.746. The number of carbonyl (C=O) groups is 1. The van der Waals surface area contributed by atoms with Gasteiger partial charge in [-0.2, -0.15) is 4.98 Å². The molecule has 12 heteroatoms. The van der Waals surface area contributed by atoms with Crippen molar-refractivity contribution in [3.8, 4) is 11.4 Å². The SMILES string of the molecule is Cc1ccnc(C(C)C)c1-n1c(=O)nc2c3c(c(Cl)c(Cl)nc31)OC[C@H]1CN(C(=O)OC(C)(C)C)CCN21. The lowest BCUT2D eigenvalue weighted by Gasteiger charge is -2.41. The topological polar surface area (TPSA) is 103 Å². The number of aromatic nitrogens is 4. The van der Waals surface area contributed by atoms with Gasteiger partial charge < -0.3 is 19.3 Å². The molecule has 1 amide bonds. The summed E-state index contributed by atoms with van der Waals surface area (Å²) in [6.07, 6.45) is 1.32. The van der Waals surface area contributed by atoms with Crippen molar-refractivity contribution in [2.75, 3.05) is 31.1 Å². The standard InChI is InChI=1S/C26H30Cl2N6O4/c1-13(2)18-19(14(3)7-8-29-18)34-23-16-20(17(27)21(28)30-23)37-12-15-11-32(25(36)38-26(4,5)6)9-10-33(15)22(16)31-24(34)35/h7-8,13,15H,9-12H2,1-6H3/t15-/m1/s1. The van der Waals surface area contributed by atoms with Crippen LogP contribution in [0.4, 0.5) is 10.6 Å². The minimum absolute atomic E-state index is 0.0161. The fourth-order valence-electron chi connectivity index (χ4n) is 4.93. The predicted octanol–water partition coefficient (Wildman–Crippen LogP) is 4.73. The van der Waals surface area contributed by atoms with Gasteiger partial charge in [0.25, 0.3) is 0 Å². The zero-order valence-electron chi connectivity index (χ0n) is 22.2. The van der Waals surface area contributed by atoms with Crippen LogP contribution in [0, 0.1) is 6.92 Å². The number of amides is 1. The zero-order valence-corrected chi connectivity index (χ0v) is 23.7. The van der Waals surface area contributed by atoms with Crippen molar-refractivity contribution in [3.63, 3.8) is 0 Å². The van der Waals surface area contributed by atoms with E-state index in [1.165, 1.54) is 4.57 Å². The molecule has 10 nitrogen and oxygen atoms in total. The number of fused-ring (bicyclic) bond motifs is 2. The van der Waals surface area contributed by atoms with Crippen LogP contribution in [0.15, 0.2) is 17.1 Å². The summed E-state index contributed by atoms with van der Waals surface area (Å²) in [4.78, 5) is 43.8. The highest BCUT2D eigenvalue weighted by Crippen LogP contribution is 2.44. The zero-order chi connectivity index (χ0) is 27.5. The lowest BCUT2D eigenvalue weighted by Crippen LogP contribution is -2.57. The molecule has 0 aliphatic carbocycles. The van der Waals surface area contributed by atoms with Gasteiger partial charge in [0.2, 0.25) is 0 Å². The Morgan fingerprint density at radius 2 is 1.95 bits per heavy atom. The normalized spacial score (nSPS) is 17.3. The molecular formula is C26H30Cl2N6O4. The third-order valence-electron chi connectivity index (χ3n) is 6.61. The Kier molecular flexibility index (Phi) is 6.67. The van der Waals surface area contributed by atoms with Crippen LogP contribution in [0.3, 0.4) is 0 Å². The molecule has 3 aromatic heterocycles. The van der Waals surface area contributed by atoms with Gasteiger partial charge in [-0.3, -0.25) is 4.98 Å². The molecule has 0 spiro atoms. The third-order valence-corrected chi connectivity index (χ3v) is 7.34. The van der Waals surface area contributed by atoms with Gasteiger partial charge in [0.05, 0.1) is 17.4 Å². The summed E-state index contributed by atoms with van der Waals surface area (Å²) >= 11 is 13.1. The first-order chi connectivity index (χ1) is 17.9. The number of piperazine rings is 1. The number of anilines is 1. The highest BCUT2D eigenvalue weighted by molar-refractivity contribution is 6.43. The molecule has 1 saturated heterocycles. The molecule has 202 valence electrons. The number of nitrogens with zero attached hydrogens (tertiary/aromatic N) is 6. The molecule has 0 N–H and O–H groups in total. The summed E-state index contributed by atoms with van der Waals surface area (Å²) in [5, 5.41) is 0.649. The van der Waals surface area contributed by atoms with E-state index < -0.39 is 17.4 Å². The van der Waals surface area contributed by atoms with Crippen molar-refractivity contribution >= 4 is 46.1 Å². The van der Waals surface area contributed by atoms with Crippen LogP contribution in [0.5, 0.6) is 5.75 Å². The molecule has 5 rings (SSSR count). The van der Waals surface area contributed by atoms with Gasteiger partial charge >= 0.3 is 11.8 Å². The van der Waals surface area contributed by atoms with Gasteiger partial charge in [-0.1, -0.05) is 37.0 Å². The van der Waals surface area contributed by atoms with Gasteiger partial charge in [0.15, 0.2) is 16.5 Å². The van der Waals surface area contributed by atoms with E-state index in [0.717, 1.165) is 11.3 Å². The fourth-order valence-corrected chi connectivity index (χ4v) is 5.29. The second kappa shape index (κ2) is 9.57. The fraction of sp³-hybridized carbons (Fsp3) is 0.500. The Labute approximate surface area is 230 Å². The molecule has 1 atom stereocenters. The molecule has 38 heavy (non-hydrogen) atoms. The Balaban J connectivity index is 1.69. The molecule has 0 saturated carbocycles. The molecule has 2 aliphatic rings. The molecule has 0 radical (unpaired) electrons. The summed E-state index contributed by atoms with van der Waals surface area (Å²) in [5.41, 5.74) is 1.35. The molecule has 3 aromatic rings. The van der Waals surface area contributed by atoms with E-state index >= 15 is 0 Å². The van der Waals surface area contributed by atoms with Crippen LogP contribution in [-0.4, -0.2) is 68.4 Å². The van der Waals surface area contributed by atoms with Crippen LogP contribution in [0.25, 0.3) is 16.7 Å². The molecule has 0 aromatic carbocycles. The molecule has 1 fully saturated rings. The summed E-state index contributed by atoms with van der Waals surface area (Å²) in [6, 6.07) is 1.54. The lowest BCUT2D eigenvalue weighted by molar-refractivity contribution is 0.0202. The van der Waals surface area contributed by atoms with Crippen molar-refractivity contribution in [1.82, 2.24) is 24.4 Å². The number of halogens is 2. The van der Waals surface area contributed by atoms with E-state index in [2.05, 4.69) is 15.0 Å². The monoisotopic (exact) mass is 560 g/mol. The lowest BCUT2D eigenvalue weighted by atomic mass is 10.0. The van der Waals surface area contributed by atoms with Crippen molar-refractivity contribution in [1.29, 1.82) is 0 Å². The third kappa shape index (κ3) is 4.53. The van der Waals surface area contributed by atoms with Crippen LogP contribution >= 0.6 is 23.2 Å². The smallest absolute Gasteiger partial charge is 0.410 e. The first-order valence-electron chi connectivity index (χ1n) is 12.5. The van der Waals surface area contributed by atoms with Crippen LogP contribution < -0.4 is 15.3 Å². The molecule has 5 heterocycles.